The maximum atomic E-state index is 13.0. The zero-order chi connectivity index (χ0) is 19.2. The van der Waals surface area contributed by atoms with Gasteiger partial charge in [-0.2, -0.15) is 5.26 Å². The van der Waals surface area contributed by atoms with Crippen molar-refractivity contribution in [2.24, 2.45) is 0 Å². The molecule has 1 aliphatic heterocycles. The number of hydrogen-bond donors (Lipinski definition) is 1. The molecule has 2 aromatic rings. The molecule has 1 aromatic heterocycles. The van der Waals surface area contributed by atoms with Crippen LogP contribution in [0.3, 0.4) is 0 Å². The molecule has 8 heteroatoms. The van der Waals surface area contributed by atoms with E-state index in [1.165, 1.54) is 24.5 Å². The van der Waals surface area contributed by atoms with Gasteiger partial charge in [-0.25, -0.2) is 9.37 Å². The lowest BCUT2D eigenvalue weighted by Gasteiger charge is -2.36. The first-order valence-electron chi connectivity index (χ1n) is 8.35. The summed E-state index contributed by atoms with van der Waals surface area (Å²) in [4.78, 5) is 20.3. The average molecular weight is 386 g/mol. The molecule has 0 unspecified atom stereocenters. The van der Waals surface area contributed by atoms with Gasteiger partial charge in [0, 0.05) is 44.3 Å². The predicted octanol–water partition coefficient (Wildman–Crippen LogP) is 3.04. The van der Waals surface area contributed by atoms with Gasteiger partial charge in [-0.3, -0.25) is 4.79 Å². The molecule has 1 saturated heterocycles. The number of nitriles is 1. The van der Waals surface area contributed by atoms with Gasteiger partial charge in [-0.1, -0.05) is 11.6 Å². The highest BCUT2D eigenvalue weighted by atomic mass is 35.5. The molecule has 1 aliphatic rings. The van der Waals surface area contributed by atoms with E-state index >= 15 is 0 Å². The number of nitrogens with zero attached hydrogens (tertiary/aromatic N) is 4. The van der Waals surface area contributed by atoms with Crippen LogP contribution in [0, 0.1) is 17.1 Å². The molecule has 3 rings (SSSR count). The summed E-state index contributed by atoms with van der Waals surface area (Å²) >= 11 is 5.78. The predicted molar refractivity (Wildman–Crippen MR) is 102 cm³/mol. The number of nitrogens with one attached hydrogen (secondary N) is 1. The molecule has 0 saturated carbocycles. The van der Waals surface area contributed by atoms with E-state index in [0.717, 1.165) is 5.69 Å². The van der Waals surface area contributed by atoms with Crippen molar-refractivity contribution < 1.29 is 9.18 Å². The molecule has 1 N–H and O–H groups in total. The molecule has 1 amide bonds. The largest absolute Gasteiger partial charge is 0.368 e. The molecule has 2 heterocycles. The third kappa shape index (κ3) is 4.74. The van der Waals surface area contributed by atoms with Crippen molar-refractivity contribution in [1.29, 1.82) is 5.26 Å². The van der Waals surface area contributed by atoms with E-state index in [1.807, 2.05) is 6.07 Å². The fraction of sp³-hybridized carbons (Fsp3) is 0.211. The van der Waals surface area contributed by atoms with Gasteiger partial charge in [0.2, 0.25) is 0 Å². The number of amides is 1. The van der Waals surface area contributed by atoms with Gasteiger partial charge in [0.25, 0.3) is 5.91 Å². The Labute approximate surface area is 161 Å². The van der Waals surface area contributed by atoms with Crippen LogP contribution in [0.15, 0.2) is 54.4 Å². The summed E-state index contributed by atoms with van der Waals surface area (Å²) in [7, 11) is 0. The molecule has 1 fully saturated rings. The van der Waals surface area contributed by atoms with Crippen molar-refractivity contribution in [3.05, 3.63) is 65.2 Å². The summed E-state index contributed by atoms with van der Waals surface area (Å²) in [6, 6.07) is 11.5. The number of carbonyl (C=O) groups is 1. The minimum atomic E-state index is -0.335. The number of pyridine rings is 1. The second-order valence-electron chi connectivity index (χ2n) is 5.93. The van der Waals surface area contributed by atoms with Gasteiger partial charge < -0.3 is 15.1 Å². The molecule has 0 atom stereocenters. The van der Waals surface area contributed by atoms with Crippen LogP contribution in [0.2, 0.25) is 5.02 Å². The SMILES string of the molecule is N#C/C(=C/Nc1ccc(Cl)cn1)C(=O)N1CCN(c2ccc(F)cc2)CC1. The van der Waals surface area contributed by atoms with Crippen LogP contribution in [0.5, 0.6) is 0 Å². The first-order valence-corrected chi connectivity index (χ1v) is 8.73. The van der Waals surface area contributed by atoms with E-state index in [0.29, 0.717) is 37.0 Å². The molecule has 0 radical (unpaired) electrons. The van der Waals surface area contributed by atoms with E-state index in [-0.39, 0.29) is 17.3 Å². The van der Waals surface area contributed by atoms with E-state index in [1.54, 1.807) is 29.2 Å². The Kier molecular flexibility index (Phi) is 5.89. The molecule has 138 valence electrons. The zero-order valence-electron chi connectivity index (χ0n) is 14.4. The van der Waals surface area contributed by atoms with Crippen LogP contribution in [-0.4, -0.2) is 42.0 Å². The Morgan fingerprint density at radius 1 is 1.19 bits per heavy atom. The van der Waals surface area contributed by atoms with Gasteiger partial charge >= 0.3 is 0 Å². The van der Waals surface area contributed by atoms with Crippen LogP contribution in [0.4, 0.5) is 15.9 Å². The van der Waals surface area contributed by atoms with Crippen LogP contribution < -0.4 is 10.2 Å². The Hall–Kier alpha value is -3.11. The van der Waals surface area contributed by atoms with Gasteiger partial charge in [-0.15, -0.1) is 0 Å². The van der Waals surface area contributed by atoms with E-state index in [9.17, 15) is 14.4 Å². The second-order valence-corrected chi connectivity index (χ2v) is 6.37. The number of benzene rings is 1. The van der Waals surface area contributed by atoms with E-state index < -0.39 is 0 Å². The highest BCUT2D eigenvalue weighted by Gasteiger charge is 2.23. The smallest absolute Gasteiger partial charge is 0.266 e. The quantitative estimate of drug-likeness (QED) is 0.647. The van der Waals surface area contributed by atoms with Crippen LogP contribution >= 0.6 is 11.6 Å². The highest BCUT2D eigenvalue weighted by molar-refractivity contribution is 6.30. The van der Waals surface area contributed by atoms with Gasteiger partial charge in [0.05, 0.1) is 5.02 Å². The van der Waals surface area contributed by atoms with Crippen molar-refractivity contribution in [3.8, 4) is 6.07 Å². The summed E-state index contributed by atoms with van der Waals surface area (Å²) in [5, 5.41) is 12.6. The normalized spacial score (nSPS) is 14.6. The van der Waals surface area contributed by atoms with E-state index in [2.05, 4.69) is 15.2 Å². The van der Waals surface area contributed by atoms with Crippen LogP contribution in [0.25, 0.3) is 0 Å². The molecule has 0 spiro atoms. The Bertz CT molecular complexity index is 868. The Balaban J connectivity index is 1.59. The monoisotopic (exact) mass is 385 g/mol. The fourth-order valence-electron chi connectivity index (χ4n) is 2.74. The number of piperazine rings is 1. The number of anilines is 2. The topological polar surface area (TPSA) is 72.3 Å². The van der Waals surface area contributed by atoms with E-state index in [4.69, 9.17) is 11.6 Å². The van der Waals surface area contributed by atoms with Gasteiger partial charge in [0.1, 0.15) is 23.3 Å². The Morgan fingerprint density at radius 2 is 1.89 bits per heavy atom. The summed E-state index contributed by atoms with van der Waals surface area (Å²) in [6.45, 7) is 2.19. The van der Waals surface area contributed by atoms with Gasteiger partial charge in [0.15, 0.2) is 0 Å². The zero-order valence-corrected chi connectivity index (χ0v) is 15.2. The Morgan fingerprint density at radius 3 is 2.48 bits per heavy atom. The highest BCUT2D eigenvalue weighted by Crippen LogP contribution is 2.18. The molecular formula is C19H17ClFN5O. The summed E-state index contributed by atoms with van der Waals surface area (Å²) in [5.74, 6) is -0.127. The van der Waals surface area contributed by atoms with Crippen molar-refractivity contribution in [3.63, 3.8) is 0 Å². The molecule has 0 bridgehead atoms. The number of aromatic nitrogens is 1. The van der Waals surface area contributed by atoms with Gasteiger partial charge in [-0.05, 0) is 36.4 Å². The fourth-order valence-corrected chi connectivity index (χ4v) is 2.85. The maximum absolute atomic E-state index is 13.0. The van der Waals surface area contributed by atoms with Crippen molar-refractivity contribution in [2.75, 3.05) is 36.4 Å². The maximum Gasteiger partial charge on any atom is 0.266 e. The third-order valence-corrected chi connectivity index (χ3v) is 4.42. The molecule has 27 heavy (non-hydrogen) atoms. The molecule has 6 nitrogen and oxygen atoms in total. The summed E-state index contributed by atoms with van der Waals surface area (Å²) < 4.78 is 13.0. The number of halogens is 2. The number of rotatable bonds is 4. The lowest BCUT2D eigenvalue weighted by Crippen LogP contribution is -2.49. The lowest BCUT2D eigenvalue weighted by molar-refractivity contribution is -0.127. The number of carbonyl (C=O) groups excluding carboxylic acids is 1. The number of hydrogen-bond acceptors (Lipinski definition) is 5. The van der Waals surface area contributed by atoms with Crippen LogP contribution in [0.1, 0.15) is 0 Å². The van der Waals surface area contributed by atoms with Crippen molar-refractivity contribution in [1.82, 2.24) is 9.88 Å². The molecular weight excluding hydrogens is 369 g/mol. The third-order valence-electron chi connectivity index (χ3n) is 4.20. The average Bonchev–Trinajstić information content (AvgIpc) is 2.70. The summed E-state index contributed by atoms with van der Waals surface area (Å²) in [6.07, 6.45) is 2.82. The second kappa shape index (κ2) is 8.52. The first-order chi connectivity index (χ1) is 13.1. The minimum Gasteiger partial charge on any atom is -0.368 e. The standard InChI is InChI=1S/C19H17ClFN5O/c20-15-1-6-18(24-13-15)23-12-14(11-22)19(27)26-9-7-25(8-10-26)17-4-2-16(21)3-5-17/h1-6,12-13H,7-10H2,(H,23,24)/b14-12-. The van der Waals surface area contributed by atoms with Crippen molar-refractivity contribution in [2.45, 2.75) is 0 Å². The molecule has 1 aromatic carbocycles. The van der Waals surface area contributed by atoms with Crippen molar-refractivity contribution >= 4 is 29.0 Å². The molecule has 0 aliphatic carbocycles. The minimum absolute atomic E-state index is 0.00184. The summed E-state index contributed by atoms with van der Waals surface area (Å²) in [5.41, 5.74) is 0.914. The first kappa shape index (κ1) is 18.7. The lowest BCUT2D eigenvalue weighted by atomic mass is 10.2. The van der Waals surface area contributed by atoms with Crippen LogP contribution in [-0.2, 0) is 4.79 Å².